The number of carbonyl (C=O) groups excluding carboxylic acids is 3. The third kappa shape index (κ3) is 3.24. The number of anilines is 2. The first-order chi connectivity index (χ1) is 13.4. The molecule has 2 aliphatic heterocycles. The number of likely N-dealkylation sites (tertiary alicyclic amines) is 1. The summed E-state index contributed by atoms with van der Waals surface area (Å²) in [6.45, 7) is 2.50. The fourth-order valence-electron chi connectivity index (χ4n) is 3.87. The average molecular weight is 381 g/mol. The van der Waals surface area contributed by atoms with Crippen molar-refractivity contribution in [3.05, 3.63) is 59.4 Å². The topological polar surface area (TPSA) is 78.5 Å². The summed E-state index contributed by atoms with van der Waals surface area (Å²) < 4.78 is 14.3. The fourth-order valence-corrected chi connectivity index (χ4v) is 3.87. The van der Waals surface area contributed by atoms with Crippen LogP contribution in [0.15, 0.2) is 42.5 Å². The van der Waals surface area contributed by atoms with Crippen LogP contribution in [0.2, 0.25) is 0 Å². The van der Waals surface area contributed by atoms with E-state index in [0.29, 0.717) is 25.1 Å². The van der Waals surface area contributed by atoms with E-state index in [1.54, 1.807) is 0 Å². The molecule has 4 rings (SSSR count). The van der Waals surface area contributed by atoms with Crippen molar-refractivity contribution in [3.63, 3.8) is 0 Å². The second-order valence-electron chi connectivity index (χ2n) is 7.28. The number of nitrogens with zero attached hydrogens (tertiary/aromatic N) is 1. The number of amides is 3. The lowest BCUT2D eigenvalue weighted by molar-refractivity contribution is -0.152. The molecule has 7 heteroatoms. The molecule has 144 valence electrons. The Hall–Kier alpha value is -3.22. The Kier molecular flexibility index (Phi) is 4.58. The van der Waals surface area contributed by atoms with Gasteiger partial charge in [0, 0.05) is 18.7 Å². The van der Waals surface area contributed by atoms with Crippen molar-refractivity contribution in [1.82, 2.24) is 4.90 Å². The Labute approximate surface area is 161 Å². The van der Waals surface area contributed by atoms with Crippen LogP contribution in [0, 0.1) is 11.7 Å². The highest BCUT2D eigenvalue weighted by Crippen LogP contribution is 2.38. The van der Waals surface area contributed by atoms with Crippen LogP contribution in [0.1, 0.15) is 30.5 Å². The van der Waals surface area contributed by atoms with E-state index >= 15 is 0 Å². The molecular weight excluding hydrogens is 361 g/mol. The molecule has 0 spiro atoms. The molecule has 2 N–H and O–H groups in total. The zero-order valence-corrected chi connectivity index (χ0v) is 15.4. The van der Waals surface area contributed by atoms with Crippen LogP contribution in [-0.2, 0) is 20.8 Å². The minimum Gasteiger partial charge on any atom is -0.327 e. The van der Waals surface area contributed by atoms with Crippen molar-refractivity contribution < 1.29 is 18.8 Å². The van der Waals surface area contributed by atoms with Crippen LogP contribution >= 0.6 is 0 Å². The monoisotopic (exact) mass is 381 g/mol. The Bertz CT molecular complexity index is 961. The highest BCUT2D eigenvalue weighted by Gasteiger charge is 2.42. The number of aryl methyl sites for hydroxylation is 1. The fraction of sp³-hybridized carbons (Fsp3) is 0.286. The van der Waals surface area contributed by atoms with Crippen molar-refractivity contribution in [3.8, 4) is 0 Å². The molecule has 2 atom stereocenters. The maximum Gasteiger partial charge on any atom is 0.314 e. The SMILES string of the molecule is C[C@H]1CN(C(=O)C(=O)Nc2cc3c(cc2F)NC(=O)CC3)[C@H]1c1ccccc1. The van der Waals surface area contributed by atoms with Gasteiger partial charge in [-0.05, 0) is 35.6 Å². The van der Waals surface area contributed by atoms with E-state index in [1.807, 2.05) is 37.3 Å². The second kappa shape index (κ2) is 7.07. The Morgan fingerprint density at radius 3 is 2.64 bits per heavy atom. The summed E-state index contributed by atoms with van der Waals surface area (Å²) in [5, 5.41) is 4.99. The van der Waals surface area contributed by atoms with E-state index in [0.717, 1.165) is 11.1 Å². The average Bonchev–Trinajstić information content (AvgIpc) is 2.67. The number of carbonyl (C=O) groups is 3. The van der Waals surface area contributed by atoms with Crippen LogP contribution in [0.3, 0.4) is 0 Å². The molecule has 28 heavy (non-hydrogen) atoms. The van der Waals surface area contributed by atoms with Gasteiger partial charge in [0.2, 0.25) is 5.91 Å². The van der Waals surface area contributed by atoms with Gasteiger partial charge in [0.15, 0.2) is 0 Å². The summed E-state index contributed by atoms with van der Waals surface area (Å²) in [6, 6.07) is 12.0. The predicted octanol–water partition coefficient (Wildman–Crippen LogP) is 2.87. The number of benzene rings is 2. The number of rotatable bonds is 2. The van der Waals surface area contributed by atoms with Crippen LogP contribution < -0.4 is 10.6 Å². The van der Waals surface area contributed by atoms with Gasteiger partial charge in [-0.25, -0.2) is 4.39 Å². The van der Waals surface area contributed by atoms with E-state index in [2.05, 4.69) is 10.6 Å². The Morgan fingerprint density at radius 2 is 1.93 bits per heavy atom. The van der Waals surface area contributed by atoms with Gasteiger partial charge in [0.1, 0.15) is 5.82 Å². The molecule has 6 nitrogen and oxygen atoms in total. The normalized spacial score (nSPS) is 20.6. The molecule has 1 saturated heterocycles. The third-order valence-electron chi connectivity index (χ3n) is 5.29. The van der Waals surface area contributed by atoms with Crippen molar-refractivity contribution >= 4 is 29.1 Å². The van der Waals surface area contributed by atoms with Gasteiger partial charge in [-0.1, -0.05) is 37.3 Å². The van der Waals surface area contributed by atoms with Gasteiger partial charge in [0.05, 0.1) is 11.7 Å². The summed E-state index contributed by atoms with van der Waals surface area (Å²) in [4.78, 5) is 38.0. The maximum absolute atomic E-state index is 14.3. The van der Waals surface area contributed by atoms with Crippen molar-refractivity contribution in [2.45, 2.75) is 25.8 Å². The molecule has 2 aliphatic rings. The predicted molar refractivity (Wildman–Crippen MR) is 102 cm³/mol. The molecule has 0 bridgehead atoms. The quantitative estimate of drug-likeness (QED) is 0.785. The van der Waals surface area contributed by atoms with E-state index in [-0.39, 0.29) is 23.6 Å². The maximum atomic E-state index is 14.3. The van der Waals surface area contributed by atoms with Crippen molar-refractivity contribution in [1.29, 1.82) is 0 Å². The molecule has 2 aromatic carbocycles. The summed E-state index contributed by atoms with van der Waals surface area (Å²) >= 11 is 0. The Morgan fingerprint density at radius 1 is 1.18 bits per heavy atom. The summed E-state index contributed by atoms with van der Waals surface area (Å²) in [5.41, 5.74) is 2.04. The van der Waals surface area contributed by atoms with E-state index < -0.39 is 17.6 Å². The molecule has 0 saturated carbocycles. The lowest BCUT2D eigenvalue weighted by Crippen LogP contribution is -2.54. The lowest BCUT2D eigenvalue weighted by atomic mass is 9.84. The van der Waals surface area contributed by atoms with Gasteiger partial charge >= 0.3 is 11.8 Å². The largest absolute Gasteiger partial charge is 0.327 e. The molecule has 0 unspecified atom stereocenters. The van der Waals surface area contributed by atoms with Crippen LogP contribution in [0.4, 0.5) is 15.8 Å². The van der Waals surface area contributed by atoms with Gasteiger partial charge in [-0.15, -0.1) is 0 Å². The standard InChI is InChI=1S/C21H20FN3O3/c1-12-11-25(19(12)13-5-3-2-4-6-13)21(28)20(27)24-17-9-14-7-8-18(26)23-16(14)10-15(17)22/h2-6,9-10,12,19H,7-8,11H2,1H3,(H,23,26)(H,24,27)/t12-,19+/m0/s1. The third-order valence-corrected chi connectivity index (χ3v) is 5.29. The van der Waals surface area contributed by atoms with E-state index in [4.69, 9.17) is 0 Å². The first kappa shape index (κ1) is 18.2. The van der Waals surface area contributed by atoms with Crippen LogP contribution in [0.25, 0.3) is 0 Å². The summed E-state index contributed by atoms with van der Waals surface area (Å²) in [7, 11) is 0. The molecule has 0 aliphatic carbocycles. The van der Waals surface area contributed by atoms with E-state index in [9.17, 15) is 18.8 Å². The molecule has 0 radical (unpaired) electrons. The highest BCUT2D eigenvalue weighted by molar-refractivity contribution is 6.39. The number of hydrogen-bond donors (Lipinski definition) is 2. The summed E-state index contributed by atoms with van der Waals surface area (Å²) in [6.07, 6.45) is 0.757. The first-order valence-corrected chi connectivity index (χ1v) is 9.23. The van der Waals surface area contributed by atoms with Crippen LogP contribution in [0.5, 0.6) is 0 Å². The zero-order valence-electron chi connectivity index (χ0n) is 15.4. The number of fused-ring (bicyclic) bond motifs is 1. The van der Waals surface area contributed by atoms with Gasteiger partial charge in [-0.2, -0.15) is 0 Å². The highest BCUT2D eigenvalue weighted by atomic mass is 19.1. The van der Waals surface area contributed by atoms with Crippen LogP contribution in [-0.4, -0.2) is 29.2 Å². The number of nitrogens with one attached hydrogen (secondary N) is 2. The molecule has 2 heterocycles. The first-order valence-electron chi connectivity index (χ1n) is 9.23. The smallest absolute Gasteiger partial charge is 0.314 e. The Balaban J connectivity index is 1.50. The number of hydrogen-bond acceptors (Lipinski definition) is 3. The molecule has 2 aromatic rings. The minimum atomic E-state index is -0.869. The minimum absolute atomic E-state index is 0.0573. The number of halogens is 1. The molecular formula is C21H20FN3O3. The van der Waals surface area contributed by atoms with Gasteiger partial charge in [-0.3, -0.25) is 14.4 Å². The molecule has 0 aromatic heterocycles. The second-order valence-corrected chi connectivity index (χ2v) is 7.28. The summed E-state index contributed by atoms with van der Waals surface area (Å²) in [5.74, 6) is -2.18. The van der Waals surface area contributed by atoms with Crippen molar-refractivity contribution in [2.75, 3.05) is 17.2 Å². The molecule has 1 fully saturated rings. The van der Waals surface area contributed by atoms with Gasteiger partial charge in [0.25, 0.3) is 0 Å². The van der Waals surface area contributed by atoms with E-state index in [1.165, 1.54) is 17.0 Å². The molecule has 3 amide bonds. The lowest BCUT2D eigenvalue weighted by Gasteiger charge is -2.46. The van der Waals surface area contributed by atoms with Gasteiger partial charge < -0.3 is 15.5 Å². The zero-order chi connectivity index (χ0) is 19.8. The van der Waals surface area contributed by atoms with Crippen molar-refractivity contribution in [2.24, 2.45) is 5.92 Å².